The molecule has 3 nitrogen and oxygen atoms in total. The minimum atomic E-state index is 0.330. The highest BCUT2D eigenvalue weighted by molar-refractivity contribution is 5.82. The van der Waals surface area contributed by atoms with Crippen molar-refractivity contribution in [3.8, 4) is 5.75 Å². The molecule has 18 heavy (non-hydrogen) atoms. The Morgan fingerprint density at radius 2 is 1.89 bits per heavy atom. The van der Waals surface area contributed by atoms with Crippen LogP contribution in [0.25, 0.3) is 10.9 Å². The molecular formula is C15H18NO2+. The first kappa shape index (κ1) is 11.3. The zero-order valence-electron chi connectivity index (χ0n) is 10.4. The molecule has 1 saturated carbocycles. The van der Waals surface area contributed by atoms with Crippen LogP contribution in [0.15, 0.2) is 36.5 Å². The number of fused-ring (bicyclic) bond motifs is 1. The zero-order valence-corrected chi connectivity index (χ0v) is 10.4. The molecule has 0 radical (unpaired) electrons. The summed E-state index contributed by atoms with van der Waals surface area (Å²) < 4.78 is 7.24. The Balaban J connectivity index is 1.93. The zero-order chi connectivity index (χ0) is 12.4. The van der Waals surface area contributed by atoms with E-state index in [0.717, 1.165) is 34.2 Å². The van der Waals surface area contributed by atoms with Gasteiger partial charge in [0.25, 0.3) is 5.52 Å². The van der Waals surface area contributed by atoms with Crippen LogP contribution in [0.5, 0.6) is 5.75 Å². The molecule has 0 bridgehead atoms. The summed E-state index contributed by atoms with van der Waals surface area (Å²) >= 11 is 0. The average Bonchev–Trinajstić information content (AvgIpc) is 2.41. The SMILES string of the molecule is O[n+]1cccc2c(OC3CCCCC3)cccc21. The van der Waals surface area contributed by atoms with E-state index in [2.05, 4.69) is 0 Å². The van der Waals surface area contributed by atoms with Gasteiger partial charge < -0.3 is 4.74 Å². The lowest BCUT2D eigenvalue weighted by molar-refractivity contribution is -0.884. The number of nitrogens with zero attached hydrogens (tertiary/aromatic N) is 1. The summed E-state index contributed by atoms with van der Waals surface area (Å²) in [5.41, 5.74) is 0.783. The normalized spacial score (nSPS) is 16.9. The first-order chi connectivity index (χ1) is 8.84. The van der Waals surface area contributed by atoms with Gasteiger partial charge >= 0.3 is 0 Å². The molecule has 2 aromatic rings. The largest absolute Gasteiger partial charge is 0.490 e. The first-order valence-electron chi connectivity index (χ1n) is 6.64. The fraction of sp³-hybridized carbons (Fsp3) is 0.400. The van der Waals surface area contributed by atoms with Crippen LogP contribution in [-0.2, 0) is 0 Å². The molecule has 1 N–H and O–H groups in total. The van der Waals surface area contributed by atoms with E-state index in [1.165, 1.54) is 19.3 Å². The van der Waals surface area contributed by atoms with Gasteiger partial charge in [0.05, 0.1) is 11.5 Å². The van der Waals surface area contributed by atoms with Crippen molar-refractivity contribution >= 4 is 10.9 Å². The van der Waals surface area contributed by atoms with E-state index in [4.69, 9.17) is 4.74 Å². The molecule has 0 unspecified atom stereocenters. The summed E-state index contributed by atoms with van der Waals surface area (Å²) in [7, 11) is 0. The Bertz CT molecular complexity index is 547. The van der Waals surface area contributed by atoms with Crippen molar-refractivity contribution in [1.29, 1.82) is 0 Å². The molecule has 1 aliphatic rings. The number of aromatic nitrogens is 1. The van der Waals surface area contributed by atoms with Crippen molar-refractivity contribution < 1.29 is 14.7 Å². The highest BCUT2D eigenvalue weighted by atomic mass is 16.5. The van der Waals surface area contributed by atoms with E-state index in [-0.39, 0.29) is 0 Å². The maximum Gasteiger partial charge on any atom is 0.268 e. The van der Waals surface area contributed by atoms with Gasteiger partial charge in [0.15, 0.2) is 0 Å². The molecule has 0 saturated heterocycles. The Kier molecular flexibility index (Phi) is 3.05. The summed E-state index contributed by atoms with van der Waals surface area (Å²) in [6.45, 7) is 0. The maximum absolute atomic E-state index is 9.76. The third kappa shape index (κ3) is 2.13. The number of benzene rings is 1. The predicted octanol–water partition coefficient (Wildman–Crippen LogP) is 3.08. The molecule has 1 aromatic heterocycles. The second kappa shape index (κ2) is 4.84. The predicted molar refractivity (Wildman–Crippen MR) is 68.8 cm³/mol. The minimum Gasteiger partial charge on any atom is -0.490 e. The van der Waals surface area contributed by atoms with E-state index in [1.807, 2.05) is 30.3 Å². The van der Waals surface area contributed by atoms with Gasteiger partial charge in [0.1, 0.15) is 5.75 Å². The van der Waals surface area contributed by atoms with Crippen LogP contribution in [0.1, 0.15) is 32.1 Å². The standard InChI is InChI=1S/C15H18NO2/c17-16-11-5-8-13-14(16)9-4-10-15(13)18-12-6-2-1-3-7-12/h4-5,8-12,17H,1-3,6-7H2/q+1. The number of rotatable bonds is 2. The highest BCUT2D eigenvalue weighted by Gasteiger charge is 2.17. The Morgan fingerprint density at radius 3 is 2.72 bits per heavy atom. The number of hydrogen-bond acceptors (Lipinski definition) is 2. The van der Waals surface area contributed by atoms with Gasteiger partial charge in [-0.25, -0.2) is 0 Å². The van der Waals surface area contributed by atoms with Crippen molar-refractivity contribution in [2.75, 3.05) is 0 Å². The Morgan fingerprint density at radius 1 is 1.06 bits per heavy atom. The average molecular weight is 244 g/mol. The first-order valence-corrected chi connectivity index (χ1v) is 6.64. The van der Waals surface area contributed by atoms with Crippen molar-refractivity contribution in [2.45, 2.75) is 38.2 Å². The number of ether oxygens (including phenoxy) is 1. The van der Waals surface area contributed by atoms with Gasteiger partial charge in [0.2, 0.25) is 6.20 Å². The molecule has 1 aliphatic carbocycles. The molecule has 0 amide bonds. The van der Waals surface area contributed by atoms with E-state index in [9.17, 15) is 5.21 Å². The van der Waals surface area contributed by atoms with Crippen molar-refractivity contribution in [2.24, 2.45) is 0 Å². The van der Waals surface area contributed by atoms with E-state index < -0.39 is 0 Å². The fourth-order valence-corrected chi connectivity index (χ4v) is 2.67. The van der Waals surface area contributed by atoms with Crippen LogP contribution in [0.2, 0.25) is 0 Å². The second-order valence-corrected chi connectivity index (χ2v) is 4.92. The van der Waals surface area contributed by atoms with Gasteiger partial charge in [-0.1, -0.05) is 12.5 Å². The van der Waals surface area contributed by atoms with Gasteiger partial charge in [-0.2, -0.15) is 0 Å². The van der Waals surface area contributed by atoms with Crippen LogP contribution in [0.3, 0.4) is 0 Å². The lowest BCUT2D eigenvalue weighted by Gasteiger charge is -2.23. The summed E-state index contributed by atoms with van der Waals surface area (Å²) in [5.74, 6) is 0.878. The van der Waals surface area contributed by atoms with Crippen molar-refractivity contribution in [3.63, 3.8) is 0 Å². The third-order valence-corrected chi connectivity index (χ3v) is 3.63. The molecule has 94 valence electrons. The summed E-state index contributed by atoms with van der Waals surface area (Å²) in [5, 5.41) is 10.7. The lowest BCUT2D eigenvalue weighted by atomic mass is 9.98. The molecule has 1 aromatic carbocycles. The Labute approximate surface area is 107 Å². The Hall–Kier alpha value is -1.77. The molecule has 0 atom stereocenters. The molecule has 3 heteroatoms. The van der Waals surface area contributed by atoms with Crippen LogP contribution < -0.4 is 9.47 Å². The highest BCUT2D eigenvalue weighted by Crippen LogP contribution is 2.28. The van der Waals surface area contributed by atoms with E-state index in [1.54, 1.807) is 6.20 Å². The van der Waals surface area contributed by atoms with Gasteiger partial charge in [-0.3, -0.25) is 5.21 Å². The summed E-state index contributed by atoms with van der Waals surface area (Å²) in [6.07, 6.45) is 8.09. The van der Waals surface area contributed by atoms with E-state index >= 15 is 0 Å². The fourth-order valence-electron chi connectivity index (χ4n) is 2.67. The summed E-state index contributed by atoms with van der Waals surface area (Å²) in [4.78, 5) is 0. The topological polar surface area (TPSA) is 33.3 Å². The van der Waals surface area contributed by atoms with Crippen LogP contribution in [0.4, 0.5) is 0 Å². The molecule has 3 rings (SSSR count). The monoisotopic (exact) mass is 244 g/mol. The molecule has 0 spiro atoms. The van der Waals surface area contributed by atoms with Crippen LogP contribution in [0, 0.1) is 0 Å². The quantitative estimate of drug-likeness (QED) is 0.650. The molecule has 0 aliphatic heterocycles. The number of pyridine rings is 1. The summed E-state index contributed by atoms with van der Waals surface area (Å²) in [6, 6.07) is 9.61. The van der Waals surface area contributed by atoms with Gasteiger partial charge in [-0.15, -0.1) is 0 Å². The van der Waals surface area contributed by atoms with Crippen molar-refractivity contribution in [1.82, 2.24) is 0 Å². The minimum absolute atomic E-state index is 0.330. The van der Waals surface area contributed by atoms with Crippen molar-refractivity contribution in [3.05, 3.63) is 36.5 Å². The third-order valence-electron chi connectivity index (χ3n) is 3.63. The van der Waals surface area contributed by atoms with E-state index in [0.29, 0.717) is 6.10 Å². The molecule has 1 fully saturated rings. The smallest absolute Gasteiger partial charge is 0.268 e. The molecule has 1 heterocycles. The number of hydrogen-bond donors (Lipinski definition) is 1. The van der Waals surface area contributed by atoms with Gasteiger partial charge in [0, 0.05) is 16.9 Å². The second-order valence-electron chi connectivity index (χ2n) is 4.92. The lowest BCUT2D eigenvalue weighted by Crippen LogP contribution is -2.30. The van der Waals surface area contributed by atoms with Crippen LogP contribution >= 0.6 is 0 Å². The van der Waals surface area contributed by atoms with Gasteiger partial charge in [-0.05, 0) is 37.8 Å². The molecular weight excluding hydrogens is 226 g/mol. The van der Waals surface area contributed by atoms with Crippen LogP contribution in [-0.4, -0.2) is 11.3 Å². The maximum atomic E-state index is 9.76.